The quantitative estimate of drug-likeness (QED) is 0.375. The Hall–Kier alpha value is -3.09. The zero-order chi connectivity index (χ0) is 25.7. The molecule has 0 bridgehead atoms. The highest BCUT2D eigenvalue weighted by Gasteiger charge is 2.23. The van der Waals surface area contributed by atoms with Crippen LogP contribution in [0, 0.1) is 24.5 Å². The summed E-state index contributed by atoms with van der Waals surface area (Å²) in [5.41, 5.74) is 4.88. The maximum atomic E-state index is 13.9. The summed E-state index contributed by atoms with van der Waals surface area (Å²) in [4.78, 5) is 14.7. The van der Waals surface area contributed by atoms with Gasteiger partial charge in [0, 0.05) is 25.7 Å². The number of nitrogens with zero attached hydrogens (tertiary/aromatic N) is 1. The van der Waals surface area contributed by atoms with Gasteiger partial charge in [-0.3, -0.25) is 4.90 Å². The number of esters is 1. The average molecular weight is 494 g/mol. The number of rotatable bonds is 8. The third-order valence-electron chi connectivity index (χ3n) is 6.99. The van der Waals surface area contributed by atoms with Crippen LogP contribution in [0.2, 0.25) is 0 Å². The van der Waals surface area contributed by atoms with Crippen molar-refractivity contribution >= 4 is 5.97 Å². The SMILES string of the molecule is COC(=O)c1ccc(CN(Cc2cc(F)cc(F)c2)CC2CCC(O)CC2)cc1-c1ccccc1C. The van der Waals surface area contributed by atoms with Gasteiger partial charge in [0.25, 0.3) is 0 Å². The van der Waals surface area contributed by atoms with Crippen LogP contribution < -0.4 is 0 Å². The molecule has 3 aromatic rings. The van der Waals surface area contributed by atoms with Crippen LogP contribution in [0.1, 0.15) is 52.7 Å². The number of carbonyl (C=O) groups is 1. The van der Waals surface area contributed by atoms with Gasteiger partial charge in [-0.05, 0) is 90.6 Å². The molecule has 3 aromatic carbocycles. The molecule has 0 aliphatic heterocycles. The van der Waals surface area contributed by atoms with Gasteiger partial charge in [-0.1, -0.05) is 30.3 Å². The van der Waals surface area contributed by atoms with Crippen molar-refractivity contribution < 1.29 is 23.4 Å². The Morgan fingerprint density at radius 3 is 2.25 bits per heavy atom. The van der Waals surface area contributed by atoms with E-state index in [1.54, 1.807) is 6.07 Å². The van der Waals surface area contributed by atoms with E-state index in [0.29, 0.717) is 30.1 Å². The molecule has 4 nitrogen and oxygen atoms in total. The second-order valence-corrected chi connectivity index (χ2v) is 9.81. The lowest BCUT2D eigenvalue weighted by molar-refractivity contribution is 0.0601. The van der Waals surface area contributed by atoms with Gasteiger partial charge in [-0.15, -0.1) is 0 Å². The highest BCUT2D eigenvalue weighted by Crippen LogP contribution is 2.30. The van der Waals surface area contributed by atoms with Gasteiger partial charge in [0.2, 0.25) is 0 Å². The number of carbonyl (C=O) groups excluding carboxylic acids is 1. The van der Waals surface area contributed by atoms with Crippen molar-refractivity contribution in [2.45, 2.75) is 51.8 Å². The van der Waals surface area contributed by atoms with E-state index in [0.717, 1.165) is 60.5 Å². The predicted molar refractivity (Wildman–Crippen MR) is 136 cm³/mol. The van der Waals surface area contributed by atoms with Crippen LogP contribution in [0.3, 0.4) is 0 Å². The zero-order valence-corrected chi connectivity index (χ0v) is 20.8. The molecule has 1 fully saturated rings. The number of halogens is 2. The maximum absolute atomic E-state index is 13.9. The van der Waals surface area contributed by atoms with Gasteiger partial charge < -0.3 is 9.84 Å². The molecular weight excluding hydrogens is 460 g/mol. The van der Waals surface area contributed by atoms with Crippen molar-refractivity contribution in [3.63, 3.8) is 0 Å². The minimum atomic E-state index is -0.588. The van der Waals surface area contributed by atoms with Crippen LogP contribution in [0.25, 0.3) is 11.1 Å². The third kappa shape index (κ3) is 6.56. The Morgan fingerprint density at radius 2 is 1.58 bits per heavy atom. The van der Waals surface area contributed by atoms with E-state index in [1.165, 1.54) is 19.2 Å². The molecule has 0 radical (unpaired) electrons. The van der Waals surface area contributed by atoms with E-state index in [-0.39, 0.29) is 6.10 Å². The molecule has 0 unspecified atom stereocenters. The van der Waals surface area contributed by atoms with E-state index in [4.69, 9.17) is 4.74 Å². The molecule has 1 N–H and O–H groups in total. The summed E-state index contributed by atoms with van der Waals surface area (Å²) in [6, 6.07) is 17.2. The average Bonchev–Trinajstić information content (AvgIpc) is 2.84. The van der Waals surface area contributed by atoms with Crippen molar-refractivity contribution in [3.8, 4) is 11.1 Å². The topological polar surface area (TPSA) is 49.8 Å². The number of aliphatic hydroxyl groups is 1. The molecule has 1 aliphatic carbocycles. The minimum Gasteiger partial charge on any atom is -0.465 e. The predicted octanol–water partition coefficient (Wildman–Crippen LogP) is 6.28. The van der Waals surface area contributed by atoms with Gasteiger partial charge in [0.1, 0.15) is 11.6 Å². The van der Waals surface area contributed by atoms with Crippen molar-refractivity contribution in [1.82, 2.24) is 4.90 Å². The van der Waals surface area contributed by atoms with Gasteiger partial charge in [-0.25, -0.2) is 13.6 Å². The lowest BCUT2D eigenvalue weighted by Crippen LogP contribution is -2.32. The summed E-state index contributed by atoms with van der Waals surface area (Å²) in [6.07, 6.45) is 3.15. The highest BCUT2D eigenvalue weighted by atomic mass is 19.1. The van der Waals surface area contributed by atoms with Crippen LogP contribution in [0.4, 0.5) is 8.78 Å². The molecule has 0 amide bonds. The number of ether oxygens (including phenoxy) is 1. The second-order valence-electron chi connectivity index (χ2n) is 9.81. The van der Waals surface area contributed by atoms with Crippen LogP contribution in [0.15, 0.2) is 60.7 Å². The summed E-state index contributed by atoms with van der Waals surface area (Å²) in [7, 11) is 1.37. The summed E-state index contributed by atoms with van der Waals surface area (Å²) < 4.78 is 32.8. The van der Waals surface area contributed by atoms with Crippen LogP contribution in [-0.4, -0.2) is 35.7 Å². The molecule has 0 atom stereocenters. The number of hydrogen-bond donors (Lipinski definition) is 1. The number of methoxy groups -OCH3 is 1. The second kappa shape index (κ2) is 11.8. The third-order valence-corrected chi connectivity index (χ3v) is 6.99. The van der Waals surface area contributed by atoms with Gasteiger partial charge in [-0.2, -0.15) is 0 Å². The summed E-state index contributed by atoms with van der Waals surface area (Å²) >= 11 is 0. The van der Waals surface area contributed by atoms with Crippen molar-refractivity contribution in [2.24, 2.45) is 5.92 Å². The molecule has 36 heavy (non-hydrogen) atoms. The Bertz CT molecular complexity index is 1180. The first-order valence-corrected chi connectivity index (χ1v) is 12.4. The first kappa shape index (κ1) is 26.0. The van der Waals surface area contributed by atoms with E-state index >= 15 is 0 Å². The monoisotopic (exact) mass is 493 g/mol. The summed E-state index contributed by atoms with van der Waals surface area (Å²) in [5.74, 6) is -1.17. The van der Waals surface area contributed by atoms with Crippen molar-refractivity contribution in [1.29, 1.82) is 0 Å². The maximum Gasteiger partial charge on any atom is 0.338 e. The minimum absolute atomic E-state index is 0.241. The van der Waals surface area contributed by atoms with Crippen LogP contribution in [-0.2, 0) is 17.8 Å². The smallest absolute Gasteiger partial charge is 0.338 e. The standard InChI is InChI=1S/C30H33F2NO3/c1-20-5-3-4-6-27(20)29-15-22(9-12-28(29)30(35)36-2)18-33(17-21-7-10-26(34)11-8-21)19-23-13-24(31)16-25(32)14-23/h3-6,9,12-16,21,26,34H,7-8,10-11,17-19H2,1-2H3. The largest absolute Gasteiger partial charge is 0.465 e. The van der Waals surface area contributed by atoms with Gasteiger partial charge in [0.15, 0.2) is 0 Å². The molecule has 190 valence electrons. The Balaban J connectivity index is 1.65. The Labute approximate surface area is 211 Å². The summed E-state index contributed by atoms with van der Waals surface area (Å²) in [6.45, 7) is 3.71. The molecule has 6 heteroatoms. The highest BCUT2D eigenvalue weighted by molar-refractivity contribution is 5.97. The van der Waals surface area contributed by atoms with Gasteiger partial charge >= 0.3 is 5.97 Å². The van der Waals surface area contributed by atoms with Crippen molar-refractivity contribution in [2.75, 3.05) is 13.7 Å². The summed E-state index contributed by atoms with van der Waals surface area (Å²) in [5, 5.41) is 9.91. The van der Waals surface area contributed by atoms with E-state index in [1.807, 2.05) is 43.3 Å². The fraction of sp³-hybridized carbons (Fsp3) is 0.367. The van der Waals surface area contributed by atoms with Crippen LogP contribution >= 0.6 is 0 Å². The van der Waals surface area contributed by atoms with E-state index < -0.39 is 17.6 Å². The van der Waals surface area contributed by atoms with E-state index in [9.17, 15) is 18.7 Å². The Kier molecular flexibility index (Phi) is 8.49. The van der Waals surface area contributed by atoms with Gasteiger partial charge in [0.05, 0.1) is 18.8 Å². The molecular formula is C30H33F2NO3. The molecule has 0 spiro atoms. The van der Waals surface area contributed by atoms with Crippen LogP contribution in [0.5, 0.6) is 0 Å². The van der Waals surface area contributed by atoms with E-state index in [2.05, 4.69) is 4.90 Å². The number of aliphatic hydroxyl groups excluding tert-OH is 1. The normalized spacial score (nSPS) is 17.8. The lowest BCUT2D eigenvalue weighted by Gasteiger charge is -2.31. The Morgan fingerprint density at radius 1 is 0.917 bits per heavy atom. The molecule has 0 saturated heterocycles. The zero-order valence-electron chi connectivity index (χ0n) is 20.8. The molecule has 0 aromatic heterocycles. The number of aryl methyl sites for hydroxylation is 1. The fourth-order valence-electron chi connectivity index (χ4n) is 5.17. The molecule has 0 heterocycles. The molecule has 4 rings (SSSR count). The first-order chi connectivity index (χ1) is 17.3. The first-order valence-electron chi connectivity index (χ1n) is 12.4. The number of benzene rings is 3. The fourth-order valence-corrected chi connectivity index (χ4v) is 5.17. The number of hydrogen-bond acceptors (Lipinski definition) is 4. The molecule has 1 aliphatic rings. The van der Waals surface area contributed by atoms with Crippen molar-refractivity contribution in [3.05, 3.63) is 94.6 Å². The lowest BCUT2D eigenvalue weighted by atomic mass is 9.87. The molecule has 1 saturated carbocycles.